The van der Waals surface area contributed by atoms with Crippen molar-refractivity contribution in [2.75, 3.05) is 11.5 Å². The minimum atomic E-state index is -0.289. The molecule has 3 aliphatic rings. The van der Waals surface area contributed by atoms with Crippen LogP contribution in [0, 0.1) is 0 Å². The summed E-state index contributed by atoms with van der Waals surface area (Å²) in [4.78, 5) is 16.1. The maximum absolute atomic E-state index is 11.8. The fraction of sp³-hybridized carbons (Fsp3) is 0.333. The Morgan fingerprint density at radius 3 is 3.24 bits per heavy atom. The van der Waals surface area contributed by atoms with Gasteiger partial charge in [0.1, 0.15) is 5.03 Å². The molecule has 3 nitrogen and oxygen atoms in total. The van der Waals surface area contributed by atoms with Crippen molar-refractivity contribution in [1.29, 1.82) is 0 Å². The van der Waals surface area contributed by atoms with Gasteiger partial charge in [0.25, 0.3) is 0 Å². The second kappa shape index (κ2) is 4.38. The third-order valence-electron chi connectivity index (χ3n) is 2.91. The lowest BCUT2D eigenvalue weighted by Gasteiger charge is -2.21. The van der Waals surface area contributed by atoms with Crippen molar-refractivity contribution in [2.45, 2.75) is 11.7 Å². The van der Waals surface area contributed by atoms with Crippen LogP contribution in [0.3, 0.4) is 0 Å². The summed E-state index contributed by atoms with van der Waals surface area (Å²) in [5.41, 5.74) is 1.90. The number of aliphatic imine (C=N–C) groups is 1. The van der Waals surface area contributed by atoms with Crippen LogP contribution in [0.1, 0.15) is 6.42 Å². The van der Waals surface area contributed by atoms with E-state index >= 15 is 0 Å². The lowest BCUT2D eigenvalue weighted by atomic mass is 10.0. The fourth-order valence-electron chi connectivity index (χ4n) is 2.01. The van der Waals surface area contributed by atoms with Gasteiger partial charge >= 0.3 is 0 Å². The molecule has 0 bridgehead atoms. The number of aliphatic hydroxyl groups is 1. The number of fused-ring (bicyclic) bond motifs is 1. The van der Waals surface area contributed by atoms with Gasteiger partial charge in [-0.1, -0.05) is 12.2 Å². The Balaban J connectivity index is 2.03. The number of hydrogen-bond donors (Lipinski definition) is 1. The van der Waals surface area contributed by atoms with Crippen LogP contribution in [0.2, 0.25) is 0 Å². The van der Waals surface area contributed by atoms with Gasteiger partial charge in [-0.3, -0.25) is 4.79 Å². The number of carbonyl (C=O) groups excluding carboxylic acids is 1. The van der Waals surface area contributed by atoms with E-state index in [4.69, 9.17) is 0 Å². The summed E-state index contributed by atoms with van der Waals surface area (Å²) in [6.45, 7) is 0. The monoisotopic (exact) mass is 265 g/mol. The van der Waals surface area contributed by atoms with Crippen LogP contribution in [-0.2, 0) is 4.79 Å². The van der Waals surface area contributed by atoms with E-state index in [1.807, 2.05) is 0 Å². The van der Waals surface area contributed by atoms with E-state index in [0.29, 0.717) is 5.57 Å². The van der Waals surface area contributed by atoms with E-state index < -0.39 is 0 Å². The third kappa shape index (κ3) is 1.98. The van der Waals surface area contributed by atoms with Gasteiger partial charge in [0.05, 0.1) is 5.25 Å². The number of allylic oxidation sites excluding steroid dienone is 3. The molecule has 1 unspecified atom stereocenters. The standard InChI is InChI=1S/C12H11NO2S2/c14-9-3-1-2-8-10(9)17-6-7-4-5-16-12(7)13-11(8)15/h1-3,10H,4-6H2,(H,13,15). The molecule has 0 amide bonds. The van der Waals surface area contributed by atoms with Crippen molar-refractivity contribution in [3.8, 4) is 0 Å². The molecule has 0 fully saturated rings. The summed E-state index contributed by atoms with van der Waals surface area (Å²) in [5.74, 6) is 1.91. The predicted octanol–water partition coefficient (Wildman–Crippen LogP) is 2.47. The molecule has 0 radical (unpaired) electrons. The van der Waals surface area contributed by atoms with Gasteiger partial charge in [-0.15, -0.1) is 23.5 Å². The van der Waals surface area contributed by atoms with Crippen LogP contribution in [0.25, 0.3) is 0 Å². The Morgan fingerprint density at radius 1 is 1.47 bits per heavy atom. The van der Waals surface area contributed by atoms with Crippen molar-refractivity contribution < 1.29 is 9.90 Å². The molecule has 0 saturated heterocycles. The molecule has 5 heteroatoms. The Kier molecular flexibility index (Phi) is 2.88. The molecule has 3 rings (SSSR count). The predicted molar refractivity (Wildman–Crippen MR) is 72.6 cm³/mol. The van der Waals surface area contributed by atoms with Gasteiger partial charge in [0.2, 0.25) is 5.90 Å². The van der Waals surface area contributed by atoms with Crippen LogP contribution in [0.5, 0.6) is 0 Å². The lowest BCUT2D eigenvalue weighted by Crippen LogP contribution is -2.26. The first kappa shape index (κ1) is 11.2. The molecule has 17 heavy (non-hydrogen) atoms. The fourth-order valence-corrected chi connectivity index (χ4v) is 4.43. The van der Waals surface area contributed by atoms with Gasteiger partial charge in [-0.05, 0) is 18.1 Å². The van der Waals surface area contributed by atoms with E-state index in [1.54, 1.807) is 41.8 Å². The van der Waals surface area contributed by atoms with E-state index in [1.165, 1.54) is 5.57 Å². The van der Waals surface area contributed by atoms with Crippen molar-refractivity contribution in [1.82, 2.24) is 0 Å². The zero-order valence-corrected chi connectivity index (χ0v) is 10.7. The first-order valence-corrected chi connectivity index (χ1v) is 7.45. The molecule has 1 atom stereocenters. The second-order valence-corrected chi connectivity index (χ2v) is 6.19. The Hall–Kier alpha value is -0.940. The number of hydrogen-bond acceptors (Lipinski definition) is 4. The third-order valence-corrected chi connectivity index (χ3v) is 5.31. The Morgan fingerprint density at radius 2 is 2.35 bits per heavy atom. The highest BCUT2D eigenvalue weighted by atomic mass is 32.2. The number of carbonyl (C=O) groups is 1. The first-order valence-electron chi connectivity index (χ1n) is 5.42. The quantitative estimate of drug-likeness (QED) is 0.731. The van der Waals surface area contributed by atoms with Crippen molar-refractivity contribution in [3.63, 3.8) is 0 Å². The van der Waals surface area contributed by atoms with Crippen LogP contribution in [0.15, 0.2) is 39.4 Å². The van der Waals surface area contributed by atoms with Crippen LogP contribution >= 0.6 is 23.5 Å². The van der Waals surface area contributed by atoms with Crippen molar-refractivity contribution in [2.24, 2.45) is 4.99 Å². The number of nitrogens with zero attached hydrogens (tertiary/aromatic N) is 1. The van der Waals surface area contributed by atoms with Gasteiger partial charge in [0.15, 0.2) is 5.78 Å². The molecule has 2 aliphatic heterocycles. The molecule has 0 spiro atoms. The van der Waals surface area contributed by atoms with Crippen LogP contribution in [-0.4, -0.2) is 33.5 Å². The lowest BCUT2D eigenvalue weighted by molar-refractivity contribution is -0.113. The van der Waals surface area contributed by atoms with Gasteiger partial charge in [-0.2, -0.15) is 0 Å². The minimum Gasteiger partial charge on any atom is -0.493 e. The number of aliphatic hydroxyl groups excluding tert-OH is 1. The molecular formula is C12H11NO2S2. The second-order valence-electron chi connectivity index (χ2n) is 4.02. The molecule has 0 aromatic carbocycles. The van der Waals surface area contributed by atoms with Gasteiger partial charge in [-0.25, -0.2) is 4.99 Å². The topological polar surface area (TPSA) is 49.7 Å². The number of rotatable bonds is 0. The SMILES string of the molecule is O=C1C=CC=C2/C(O)=N\C3=C(CCS3)CSC12. The van der Waals surface area contributed by atoms with Gasteiger partial charge in [0, 0.05) is 17.1 Å². The molecule has 88 valence electrons. The summed E-state index contributed by atoms with van der Waals surface area (Å²) in [6, 6.07) is 0. The highest BCUT2D eigenvalue weighted by Gasteiger charge is 2.30. The van der Waals surface area contributed by atoms with Crippen molar-refractivity contribution >= 4 is 35.2 Å². The summed E-state index contributed by atoms with van der Waals surface area (Å²) in [5, 5.41) is 10.7. The molecule has 2 heterocycles. The summed E-state index contributed by atoms with van der Waals surface area (Å²) in [6.07, 6.45) is 6.04. The number of thioether (sulfide) groups is 2. The van der Waals surface area contributed by atoms with Crippen LogP contribution in [0.4, 0.5) is 0 Å². The summed E-state index contributed by atoms with van der Waals surface area (Å²) >= 11 is 3.27. The van der Waals surface area contributed by atoms with E-state index in [2.05, 4.69) is 4.99 Å². The zero-order chi connectivity index (χ0) is 11.8. The normalized spacial score (nSPS) is 31.1. The smallest absolute Gasteiger partial charge is 0.216 e. The molecule has 1 N–H and O–H groups in total. The molecule has 0 aromatic rings. The van der Waals surface area contributed by atoms with E-state index in [9.17, 15) is 9.90 Å². The average Bonchev–Trinajstić information content (AvgIpc) is 2.72. The minimum absolute atomic E-state index is 0.00167. The Bertz CT molecular complexity index is 503. The van der Waals surface area contributed by atoms with Gasteiger partial charge < -0.3 is 5.11 Å². The molecular weight excluding hydrogens is 254 g/mol. The average molecular weight is 265 g/mol. The van der Waals surface area contributed by atoms with Crippen LogP contribution < -0.4 is 0 Å². The van der Waals surface area contributed by atoms with Crippen molar-refractivity contribution in [3.05, 3.63) is 34.4 Å². The van der Waals surface area contributed by atoms with E-state index in [-0.39, 0.29) is 16.9 Å². The highest BCUT2D eigenvalue weighted by Crippen LogP contribution is 2.38. The summed E-state index contributed by atoms with van der Waals surface area (Å²) in [7, 11) is 0. The Labute approximate surface area is 108 Å². The van der Waals surface area contributed by atoms with E-state index in [0.717, 1.165) is 23.0 Å². The molecule has 0 aromatic heterocycles. The first-order chi connectivity index (χ1) is 8.25. The molecule has 1 aliphatic carbocycles. The largest absolute Gasteiger partial charge is 0.493 e. The maximum atomic E-state index is 11.8. The molecule has 0 saturated carbocycles. The maximum Gasteiger partial charge on any atom is 0.216 e. The zero-order valence-electron chi connectivity index (χ0n) is 9.05. The summed E-state index contributed by atoms with van der Waals surface area (Å²) < 4.78 is 0. The number of ketones is 1. The highest BCUT2D eigenvalue weighted by molar-refractivity contribution is 8.03.